The largest absolute Gasteiger partial charge is 0.380 e. The van der Waals surface area contributed by atoms with Gasteiger partial charge in [-0.15, -0.1) is 0 Å². The van der Waals surface area contributed by atoms with Crippen LogP contribution in [0.15, 0.2) is 24.3 Å². The van der Waals surface area contributed by atoms with E-state index in [9.17, 15) is 0 Å². The van der Waals surface area contributed by atoms with Gasteiger partial charge in [0.2, 0.25) is 0 Å². The summed E-state index contributed by atoms with van der Waals surface area (Å²) in [4.78, 5) is 2.19. The molecule has 0 radical (unpaired) electrons. The molecule has 0 heterocycles. The average Bonchev–Trinajstić information content (AvgIpc) is 2.38. The lowest BCUT2D eigenvalue weighted by Crippen LogP contribution is -2.40. The lowest BCUT2D eigenvalue weighted by Gasteiger charge is -2.41. The number of para-hydroxylation sites is 2. The first-order chi connectivity index (χ1) is 9.39. The van der Waals surface area contributed by atoms with Gasteiger partial charge in [0.15, 0.2) is 0 Å². The Morgan fingerprint density at radius 2 is 1.70 bits per heavy atom. The summed E-state index contributed by atoms with van der Waals surface area (Å²) in [5.74, 6) is 0.756. The van der Waals surface area contributed by atoms with Crippen molar-refractivity contribution in [3.8, 4) is 0 Å². The Labute approximate surface area is 124 Å². The van der Waals surface area contributed by atoms with Crippen LogP contribution >= 0.6 is 0 Å². The van der Waals surface area contributed by atoms with Crippen LogP contribution in [0.2, 0.25) is 0 Å². The van der Waals surface area contributed by atoms with Crippen molar-refractivity contribution in [2.45, 2.75) is 52.5 Å². The monoisotopic (exact) mass is 274 g/mol. The van der Waals surface area contributed by atoms with E-state index in [-0.39, 0.29) is 0 Å². The first-order valence-electron chi connectivity index (χ1n) is 7.92. The third-order valence-corrected chi connectivity index (χ3v) is 4.61. The minimum absolute atomic E-state index is 0.380. The second-order valence-electron chi connectivity index (χ2n) is 7.42. The molecule has 0 amide bonds. The zero-order valence-electron chi connectivity index (χ0n) is 13.7. The second-order valence-corrected chi connectivity index (χ2v) is 7.42. The van der Waals surface area contributed by atoms with E-state index in [0.29, 0.717) is 11.5 Å². The van der Waals surface area contributed by atoms with E-state index >= 15 is 0 Å². The Balaban J connectivity index is 2.19. The van der Waals surface area contributed by atoms with Gasteiger partial charge in [-0.2, -0.15) is 0 Å². The van der Waals surface area contributed by atoms with Crippen LogP contribution in [0.5, 0.6) is 0 Å². The third-order valence-electron chi connectivity index (χ3n) is 4.61. The smallest absolute Gasteiger partial charge is 0.0596 e. The highest BCUT2D eigenvalue weighted by atomic mass is 15.1. The lowest BCUT2D eigenvalue weighted by molar-refractivity contribution is 0.163. The van der Waals surface area contributed by atoms with E-state index in [4.69, 9.17) is 0 Å². The van der Waals surface area contributed by atoms with Gasteiger partial charge in [-0.05, 0) is 36.3 Å². The van der Waals surface area contributed by atoms with Gasteiger partial charge in [0.05, 0.1) is 11.4 Å². The van der Waals surface area contributed by atoms with Crippen LogP contribution < -0.4 is 10.2 Å². The highest BCUT2D eigenvalue weighted by Gasteiger charge is 2.34. The fourth-order valence-corrected chi connectivity index (χ4v) is 3.53. The maximum absolute atomic E-state index is 3.85. The average molecular weight is 274 g/mol. The van der Waals surface area contributed by atoms with Gasteiger partial charge in [-0.3, -0.25) is 0 Å². The van der Waals surface area contributed by atoms with E-state index in [2.05, 4.69) is 69.3 Å². The van der Waals surface area contributed by atoms with Crippen molar-refractivity contribution in [3.05, 3.63) is 24.3 Å². The summed E-state index contributed by atoms with van der Waals surface area (Å²) in [7, 11) is 4.23. The van der Waals surface area contributed by atoms with Crippen molar-refractivity contribution in [1.29, 1.82) is 0 Å². The molecule has 2 unspecified atom stereocenters. The minimum atomic E-state index is 0.380. The topological polar surface area (TPSA) is 15.3 Å². The van der Waals surface area contributed by atoms with Crippen molar-refractivity contribution >= 4 is 11.4 Å². The Hall–Kier alpha value is -1.18. The molecule has 0 saturated heterocycles. The summed E-state index contributed by atoms with van der Waals surface area (Å²) in [6, 6.07) is 9.25. The number of hydrogen-bond donors (Lipinski definition) is 1. The van der Waals surface area contributed by atoms with Crippen molar-refractivity contribution in [2.24, 2.45) is 11.3 Å². The molecule has 1 N–H and O–H groups in total. The molecular formula is C18H30N2. The number of nitrogens with zero attached hydrogens (tertiary/aromatic N) is 1. The summed E-state index contributed by atoms with van der Waals surface area (Å²) in [5.41, 5.74) is 2.94. The maximum Gasteiger partial charge on any atom is 0.0596 e. The molecule has 0 bridgehead atoms. The summed E-state index contributed by atoms with van der Waals surface area (Å²) < 4.78 is 0. The van der Waals surface area contributed by atoms with Gasteiger partial charge in [-0.25, -0.2) is 0 Å². The van der Waals surface area contributed by atoms with Crippen LogP contribution in [-0.4, -0.2) is 20.1 Å². The molecule has 112 valence electrons. The van der Waals surface area contributed by atoms with Crippen molar-refractivity contribution in [3.63, 3.8) is 0 Å². The second kappa shape index (κ2) is 6.07. The number of hydrogen-bond acceptors (Lipinski definition) is 2. The van der Waals surface area contributed by atoms with Crippen LogP contribution in [0.3, 0.4) is 0 Å². The quantitative estimate of drug-likeness (QED) is 0.854. The van der Waals surface area contributed by atoms with Crippen molar-refractivity contribution < 1.29 is 0 Å². The Kier molecular flexibility index (Phi) is 4.62. The van der Waals surface area contributed by atoms with Gasteiger partial charge < -0.3 is 10.2 Å². The van der Waals surface area contributed by atoms with Gasteiger partial charge in [0.1, 0.15) is 0 Å². The molecule has 2 heteroatoms. The van der Waals surface area contributed by atoms with Crippen LogP contribution in [-0.2, 0) is 0 Å². The van der Waals surface area contributed by atoms with Crippen molar-refractivity contribution in [1.82, 2.24) is 0 Å². The molecule has 1 aliphatic rings. The van der Waals surface area contributed by atoms with Gasteiger partial charge in [0.25, 0.3) is 0 Å². The molecule has 2 atom stereocenters. The van der Waals surface area contributed by atoms with Gasteiger partial charge in [0, 0.05) is 20.1 Å². The summed E-state index contributed by atoms with van der Waals surface area (Å²) in [5, 5.41) is 3.85. The highest BCUT2D eigenvalue weighted by Crippen LogP contribution is 2.40. The van der Waals surface area contributed by atoms with Crippen molar-refractivity contribution in [2.75, 3.05) is 24.3 Å². The predicted octanol–water partition coefficient (Wildman–Crippen LogP) is 4.77. The van der Waals surface area contributed by atoms with Crippen LogP contribution in [0.1, 0.15) is 46.5 Å². The first kappa shape index (κ1) is 15.2. The molecule has 1 aliphatic carbocycles. The van der Waals surface area contributed by atoms with Gasteiger partial charge in [-0.1, -0.05) is 45.7 Å². The summed E-state index contributed by atoms with van der Waals surface area (Å²) in [6.45, 7) is 7.15. The zero-order valence-corrected chi connectivity index (χ0v) is 13.7. The van der Waals surface area contributed by atoms with E-state index in [1.165, 1.54) is 37.1 Å². The number of nitrogens with one attached hydrogen (secondary N) is 1. The van der Waals surface area contributed by atoms with E-state index in [1.807, 2.05) is 0 Å². The molecule has 0 aliphatic heterocycles. The number of anilines is 2. The normalized spacial score (nSPS) is 23.4. The molecule has 1 aromatic carbocycles. The third kappa shape index (κ3) is 3.47. The Bertz CT molecular complexity index is 431. The standard InChI is InChI=1S/C18H30N2/c1-18(2,3)14-10-6-7-11-15(14)19-16-12-8-9-13-17(16)20(4)5/h8-9,12-15,19H,6-7,10-11H2,1-5H3. The van der Waals surface area contributed by atoms with Crippen LogP contribution in [0, 0.1) is 11.3 Å². The summed E-state index contributed by atoms with van der Waals surface area (Å²) >= 11 is 0. The molecular weight excluding hydrogens is 244 g/mol. The fraction of sp³-hybridized carbons (Fsp3) is 0.667. The first-order valence-corrected chi connectivity index (χ1v) is 7.92. The number of rotatable bonds is 3. The molecule has 1 fully saturated rings. The highest BCUT2D eigenvalue weighted by molar-refractivity contribution is 5.69. The van der Waals surface area contributed by atoms with Gasteiger partial charge >= 0.3 is 0 Å². The molecule has 1 aromatic rings. The molecule has 2 nitrogen and oxygen atoms in total. The van der Waals surface area contributed by atoms with E-state index < -0.39 is 0 Å². The Morgan fingerprint density at radius 1 is 1.05 bits per heavy atom. The molecule has 1 saturated carbocycles. The summed E-state index contributed by atoms with van der Waals surface area (Å²) in [6.07, 6.45) is 5.39. The zero-order chi connectivity index (χ0) is 14.8. The Morgan fingerprint density at radius 3 is 2.35 bits per heavy atom. The molecule has 20 heavy (non-hydrogen) atoms. The predicted molar refractivity (Wildman–Crippen MR) is 89.6 cm³/mol. The van der Waals surface area contributed by atoms with Crippen LogP contribution in [0.25, 0.3) is 0 Å². The molecule has 0 aromatic heterocycles. The number of benzene rings is 1. The van der Waals surface area contributed by atoms with Crippen LogP contribution in [0.4, 0.5) is 11.4 Å². The molecule has 0 spiro atoms. The lowest BCUT2D eigenvalue weighted by atomic mass is 9.69. The minimum Gasteiger partial charge on any atom is -0.380 e. The molecule has 2 rings (SSSR count). The fourth-order valence-electron chi connectivity index (χ4n) is 3.53. The van der Waals surface area contributed by atoms with E-state index in [0.717, 1.165) is 5.92 Å². The SMILES string of the molecule is CN(C)c1ccccc1NC1CCCCC1C(C)(C)C. The van der Waals surface area contributed by atoms with E-state index in [1.54, 1.807) is 0 Å². The maximum atomic E-state index is 3.85.